The molecule has 1 aliphatic heterocycles. The number of carbonyl (C=O) groups is 1. The molecule has 140 valence electrons. The number of cyclic esters (lactones) is 1. The lowest BCUT2D eigenvalue weighted by atomic mass is 10.1. The SMILES string of the molecule is COc1ccc(C2=N/C(=C/c3cccc(C(F)(F)F)c3)C(=O)O2)cc1OC. The van der Waals surface area contributed by atoms with Crippen LogP contribution in [0.5, 0.6) is 11.5 Å². The maximum absolute atomic E-state index is 12.8. The van der Waals surface area contributed by atoms with Gasteiger partial charge >= 0.3 is 12.1 Å². The molecule has 0 saturated carbocycles. The Labute approximate surface area is 152 Å². The normalized spacial score (nSPS) is 15.5. The molecular weight excluding hydrogens is 363 g/mol. The van der Waals surface area contributed by atoms with Crippen molar-refractivity contribution in [3.8, 4) is 11.5 Å². The predicted octanol–water partition coefficient (Wildman–Crippen LogP) is 4.07. The lowest BCUT2D eigenvalue weighted by Crippen LogP contribution is -2.06. The summed E-state index contributed by atoms with van der Waals surface area (Å²) in [6, 6.07) is 9.42. The van der Waals surface area contributed by atoms with Crippen LogP contribution in [0.25, 0.3) is 6.08 Å². The third kappa shape index (κ3) is 3.94. The number of rotatable bonds is 4. The van der Waals surface area contributed by atoms with Gasteiger partial charge in [-0.2, -0.15) is 13.2 Å². The third-order valence-electron chi connectivity index (χ3n) is 3.77. The minimum Gasteiger partial charge on any atom is -0.493 e. The Balaban J connectivity index is 1.94. The van der Waals surface area contributed by atoms with Crippen LogP contribution in [0.15, 0.2) is 53.2 Å². The highest BCUT2D eigenvalue weighted by Gasteiger charge is 2.30. The first kappa shape index (κ1) is 18.5. The molecule has 0 bridgehead atoms. The van der Waals surface area contributed by atoms with Crippen LogP contribution in [0.1, 0.15) is 16.7 Å². The van der Waals surface area contributed by atoms with Crippen molar-refractivity contribution in [2.24, 2.45) is 4.99 Å². The summed E-state index contributed by atoms with van der Waals surface area (Å²) in [4.78, 5) is 16.1. The van der Waals surface area contributed by atoms with Crippen molar-refractivity contribution >= 4 is 17.9 Å². The Bertz CT molecular complexity index is 948. The molecule has 0 fully saturated rings. The minimum atomic E-state index is -4.47. The van der Waals surface area contributed by atoms with E-state index in [-0.39, 0.29) is 17.2 Å². The van der Waals surface area contributed by atoms with Crippen molar-refractivity contribution in [2.45, 2.75) is 6.18 Å². The lowest BCUT2D eigenvalue weighted by molar-refractivity contribution is -0.137. The van der Waals surface area contributed by atoms with E-state index in [2.05, 4.69) is 4.99 Å². The highest BCUT2D eigenvalue weighted by Crippen LogP contribution is 2.31. The number of nitrogens with zero attached hydrogens (tertiary/aromatic N) is 1. The predicted molar refractivity (Wildman–Crippen MR) is 91.6 cm³/mol. The number of hydrogen-bond donors (Lipinski definition) is 0. The van der Waals surface area contributed by atoms with Crippen LogP contribution >= 0.6 is 0 Å². The first-order valence-electron chi connectivity index (χ1n) is 7.74. The summed E-state index contributed by atoms with van der Waals surface area (Å²) >= 11 is 0. The molecule has 8 heteroatoms. The Morgan fingerprint density at radius 2 is 1.78 bits per heavy atom. The Morgan fingerprint density at radius 1 is 1.04 bits per heavy atom. The molecule has 0 atom stereocenters. The van der Waals surface area contributed by atoms with E-state index in [0.29, 0.717) is 17.1 Å². The van der Waals surface area contributed by atoms with Gasteiger partial charge in [0.25, 0.3) is 0 Å². The monoisotopic (exact) mass is 377 g/mol. The highest BCUT2D eigenvalue weighted by atomic mass is 19.4. The molecule has 3 rings (SSSR count). The zero-order valence-electron chi connectivity index (χ0n) is 14.3. The van der Waals surface area contributed by atoms with Crippen LogP contribution in [0, 0.1) is 0 Å². The zero-order chi connectivity index (χ0) is 19.6. The van der Waals surface area contributed by atoms with Crippen molar-refractivity contribution in [3.05, 3.63) is 64.9 Å². The van der Waals surface area contributed by atoms with Crippen LogP contribution in [0.4, 0.5) is 13.2 Å². The third-order valence-corrected chi connectivity index (χ3v) is 3.77. The van der Waals surface area contributed by atoms with E-state index in [1.54, 1.807) is 18.2 Å². The first-order chi connectivity index (χ1) is 12.8. The van der Waals surface area contributed by atoms with E-state index in [4.69, 9.17) is 14.2 Å². The molecular formula is C19H14F3NO4. The second-order valence-corrected chi connectivity index (χ2v) is 5.53. The second-order valence-electron chi connectivity index (χ2n) is 5.53. The van der Waals surface area contributed by atoms with Gasteiger partial charge < -0.3 is 14.2 Å². The highest BCUT2D eigenvalue weighted by molar-refractivity contribution is 6.13. The smallest absolute Gasteiger partial charge is 0.416 e. The standard InChI is InChI=1S/C19H14F3NO4/c1-25-15-7-6-12(10-16(15)26-2)17-23-14(18(24)27-17)9-11-4-3-5-13(8-11)19(20,21)22/h3-10H,1-2H3/b14-9+. The Morgan fingerprint density at radius 3 is 2.44 bits per heavy atom. The molecule has 0 radical (unpaired) electrons. The number of aliphatic imine (C=N–C) groups is 1. The van der Waals surface area contributed by atoms with Crippen molar-refractivity contribution in [1.29, 1.82) is 0 Å². The molecule has 2 aromatic rings. The molecule has 5 nitrogen and oxygen atoms in total. The van der Waals surface area contributed by atoms with Gasteiger partial charge in [0.1, 0.15) is 0 Å². The number of halogens is 3. The zero-order valence-corrected chi connectivity index (χ0v) is 14.3. The van der Waals surface area contributed by atoms with Crippen LogP contribution < -0.4 is 9.47 Å². The summed E-state index contributed by atoms with van der Waals surface area (Å²) in [5.74, 6) is 0.186. The average Bonchev–Trinajstić information content (AvgIpc) is 3.01. The minimum absolute atomic E-state index is 0.0270. The van der Waals surface area contributed by atoms with E-state index in [9.17, 15) is 18.0 Å². The van der Waals surface area contributed by atoms with Crippen LogP contribution in [-0.2, 0) is 15.7 Å². The van der Waals surface area contributed by atoms with Gasteiger partial charge in [-0.1, -0.05) is 12.1 Å². The maximum atomic E-state index is 12.8. The molecule has 0 N–H and O–H groups in total. The van der Waals surface area contributed by atoms with E-state index in [0.717, 1.165) is 12.1 Å². The molecule has 0 amide bonds. The Hall–Kier alpha value is -3.29. The summed E-state index contributed by atoms with van der Waals surface area (Å²) in [6.45, 7) is 0. The maximum Gasteiger partial charge on any atom is 0.416 e. The summed E-state index contributed by atoms with van der Waals surface area (Å²) in [5.41, 5.74) is -0.256. The summed E-state index contributed by atoms with van der Waals surface area (Å²) in [6.07, 6.45) is -3.23. The fourth-order valence-electron chi connectivity index (χ4n) is 2.46. The summed E-state index contributed by atoms with van der Waals surface area (Å²) in [5, 5.41) is 0. The van der Waals surface area contributed by atoms with Gasteiger partial charge in [0, 0.05) is 5.56 Å². The quantitative estimate of drug-likeness (QED) is 0.595. The van der Waals surface area contributed by atoms with Crippen LogP contribution in [0.2, 0.25) is 0 Å². The topological polar surface area (TPSA) is 57.1 Å². The molecule has 0 aliphatic carbocycles. The van der Waals surface area contributed by atoms with Gasteiger partial charge in [-0.3, -0.25) is 0 Å². The fourth-order valence-corrected chi connectivity index (χ4v) is 2.46. The molecule has 1 heterocycles. The van der Waals surface area contributed by atoms with Gasteiger partial charge in [0.05, 0.1) is 19.8 Å². The number of ether oxygens (including phenoxy) is 3. The van der Waals surface area contributed by atoms with Gasteiger partial charge in [-0.05, 0) is 42.0 Å². The van der Waals surface area contributed by atoms with E-state index >= 15 is 0 Å². The van der Waals surface area contributed by atoms with Crippen molar-refractivity contribution in [1.82, 2.24) is 0 Å². The number of benzene rings is 2. The van der Waals surface area contributed by atoms with Crippen molar-refractivity contribution in [3.63, 3.8) is 0 Å². The molecule has 0 unspecified atom stereocenters. The van der Waals surface area contributed by atoms with E-state index in [1.165, 1.54) is 32.4 Å². The van der Waals surface area contributed by atoms with E-state index < -0.39 is 17.7 Å². The number of methoxy groups -OCH3 is 2. The van der Waals surface area contributed by atoms with Gasteiger partial charge in [-0.25, -0.2) is 9.79 Å². The molecule has 0 spiro atoms. The van der Waals surface area contributed by atoms with Crippen LogP contribution in [-0.4, -0.2) is 26.1 Å². The Kier molecular flexibility index (Phi) is 4.89. The molecule has 1 aliphatic rings. The molecule has 2 aromatic carbocycles. The summed E-state index contributed by atoms with van der Waals surface area (Å²) in [7, 11) is 2.95. The first-order valence-corrected chi connectivity index (χ1v) is 7.74. The van der Waals surface area contributed by atoms with Gasteiger partial charge in [-0.15, -0.1) is 0 Å². The number of alkyl halides is 3. The number of esters is 1. The van der Waals surface area contributed by atoms with Crippen LogP contribution in [0.3, 0.4) is 0 Å². The number of hydrogen-bond acceptors (Lipinski definition) is 5. The van der Waals surface area contributed by atoms with Crippen molar-refractivity contribution in [2.75, 3.05) is 14.2 Å². The fraction of sp³-hybridized carbons (Fsp3) is 0.158. The molecule has 27 heavy (non-hydrogen) atoms. The number of carbonyl (C=O) groups excluding carboxylic acids is 1. The van der Waals surface area contributed by atoms with Gasteiger partial charge in [0.2, 0.25) is 5.90 Å². The van der Waals surface area contributed by atoms with Gasteiger partial charge in [0.15, 0.2) is 17.2 Å². The van der Waals surface area contributed by atoms with E-state index in [1.807, 2.05) is 0 Å². The summed E-state index contributed by atoms with van der Waals surface area (Å²) < 4.78 is 53.9. The molecule has 0 saturated heterocycles. The molecule has 0 aromatic heterocycles. The second kappa shape index (κ2) is 7.14. The van der Waals surface area contributed by atoms with Crippen molar-refractivity contribution < 1.29 is 32.2 Å². The largest absolute Gasteiger partial charge is 0.493 e. The lowest BCUT2D eigenvalue weighted by Gasteiger charge is -2.08. The average molecular weight is 377 g/mol.